The van der Waals surface area contributed by atoms with Gasteiger partial charge in [-0.15, -0.1) is 0 Å². The molecule has 2 fully saturated rings. The minimum absolute atomic E-state index is 0.313. The van der Waals surface area contributed by atoms with Gasteiger partial charge in [-0.1, -0.05) is 12.8 Å². The SMILES string of the molecule is CC(C)N1CCC(O)(CC2CC2)CC1. The summed E-state index contributed by atoms with van der Waals surface area (Å²) in [7, 11) is 0. The number of nitrogens with zero attached hydrogens (tertiary/aromatic N) is 1. The highest BCUT2D eigenvalue weighted by Gasteiger charge is 2.37. The summed E-state index contributed by atoms with van der Waals surface area (Å²) in [5.41, 5.74) is -0.313. The summed E-state index contributed by atoms with van der Waals surface area (Å²) in [6.07, 6.45) is 5.76. The lowest BCUT2D eigenvalue weighted by atomic mass is 9.86. The van der Waals surface area contributed by atoms with Crippen LogP contribution in [0.15, 0.2) is 0 Å². The number of hydrogen-bond donors (Lipinski definition) is 1. The van der Waals surface area contributed by atoms with E-state index in [9.17, 15) is 5.11 Å². The monoisotopic (exact) mass is 197 g/mol. The van der Waals surface area contributed by atoms with Crippen LogP contribution in [0, 0.1) is 5.92 Å². The molecule has 0 radical (unpaired) electrons. The Bertz CT molecular complexity index is 190. The minimum Gasteiger partial charge on any atom is -0.390 e. The fourth-order valence-corrected chi connectivity index (χ4v) is 2.52. The third kappa shape index (κ3) is 2.48. The number of rotatable bonds is 3. The Hall–Kier alpha value is -0.0800. The highest BCUT2D eigenvalue weighted by Crippen LogP contribution is 2.40. The van der Waals surface area contributed by atoms with Crippen LogP contribution >= 0.6 is 0 Å². The van der Waals surface area contributed by atoms with E-state index in [1.54, 1.807) is 0 Å². The Morgan fingerprint density at radius 2 is 1.86 bits per heavy atom. The van der Waals surface area contributed by atoms with Gasteiger partial charge in [0.1, 0.15) is 0 Å². The number of hydrogen-bond acceptors (Lipinski definition) is 2. The van der Waals surface area contributed by atoms with Crippen molar-refractivity contribution in [1.29, 1.82) is 0 Å². The third-order valence-electron chi connectivity index (χ3n) is 3.82. The molecular formula is C12H23NO. The third-order valence-corrected chi connectivity index (χ3v) is 3.82. The maximum atomic E-state index is 10.4. The fraction of sp³-hybridized carbons (Fsp3) is 1.00. The van der Waals surface area contributed by atoms with Gasteiger partial charge in [0.05, 0.1) is 5.60 Å². The van der Waals surface area contributed by atoms with Crippen LogP contribution in [0.3, 0.4) is 0 Å². The van der Waals surface area contributed by atoms with Crippen molar-refractivity contribution in [2.75, 3.05) is 13.1 Å². The summed E-state index contributed by atoms with van der Waals surface area (Å²) in [6, 6.07) is 0.639. The van der Waals surface area contributed by atoms with Crippen molar-refractivity contribution >= 4 is 0 Å². The summed E-state index contributed by atoms with van der Waals surface area (Å²) in [5, 5.41) is 10.4. The van der Waals surface area contributed by atoms with Crippen LogP contribution in [0.5, 0.6) is 0 Å². The zero-order valence-electron chi connectivity index (χ0n) is 9.50. The summed E-state index contributed by atoms with van der Waals surface area (Å²) in [6.45, 7) is 6.65. The van der Waals surface area contributed by atoms with Gasteiger partial charge < -0.3 is 10.0 Å². The molecule has 1 N–H and O–H groups in total. The van der Waals surface area contributed by atoms with Gasteiger partial charge in [-0.2, -0.15) is 0 Å². The molecule has 0 unspecified atom stereocenters. The first-order chi connectivity index (χ1) is 6.59. The van der Waals surface area contributed by atoms with Gasteiger partial charge in [0.25, 0.3) is 0 Å². The van der Waals surface area contributed by atoms with Crippen molar-refractivity contribution in [3.8, 4) is 0 Å². The van der Waals surface area contributed by atoms with Crippen LogP contribution in [-0.2, 0) is 0 Å². The molecule has 1 aliphatic carbocycles. The lowest BCUT2D eigenvalue weighted by Crippen LogP contribution is -2.46. The number of aliphatic hydroxyl groups is 1. The molecule has 82 valence electrons. The molecule has 14 heavy (non-hydrogen) atoms. The molecule has 0 spiro atoms. The van der Waals surface area contributed by atoms with E-state index in [-0.39, 0.29) is 5.60 Å². The Kier molecular flexibility index (Phi) is 2.85. The van der Waals surface area contributed by atoms with Crippen LogP contribution in [0.2, 0.25) is 0 Å². The van der Waals surface area contributed by atoms with Gasteiger partial charge in [-0.25, -0.2) is 0 Å². The summed E-state index contributed by atoms with van der Waals surface area (Å²) < 4.78 is 0. The van der Waals surface area contributed by atoms with E-state index in [0.29, 0.717) is 6.04 Å². The molecule has 0 aromatic carbocycles. The lowest BCUT2D eigenvalue weighted by molar-refractivity contribution is -0.0375. The zero-order chi connectivity index (χ0) is 10.2. The van der Waals surface area contributed by atoms with Crippen LogP contribution in [0.4, 0.5) is 0 Å². The average Bonchev–Trinajstić information content (AvgIpc) is 2.88. The molecule has 0 aromatic heterocycles. The largest absolute Gasteiger partial charge is 0.390 e. The molecule has 1 heterocycles. The second kappa shape index (κ2) is 3.82. The topological polar surface area (TPSA) is 23.5 Å². The van der Waals surface area contributed by atoms with E-state index in [1.165, 1.54) is 12.8 Å². The van der Waals surface area contributed by atoms with Crippen molar-refractivity contribution in [3.63, 3.8) is 0 Å². The highest BCUT2D eigenvalue weighted by molar-refractivity contribution is 4.91. The van der Waals surface area contributed by atoms with Crippen molar-refractivity contribution in [2.24, 2.45) is 5.92 Å². The average molecular weight is 197 g/mol. The Morgan fingerprint density at radius 1 is 1.29 bits per heavy atom. The van der Waals surface area contributed by atoms with E-state index in [0.717, 1.165) is 38.3 Å². The molecule has 2 nitrogen and oxygen atoms in total. The van der Waals surface area contributed by atoms with Gasteiger partial charge in [0.2, 0.25) is 0 Å². The smallest absolute Gasteiger partial charge is 0.0674 e. The highest BCUT2D eigenvalue weighted by atomic mass is 16.3. The molecule has 1 saturated heterocycles. The molecule has 0 atom stereocenters. The van der Waals surface area contributed by atoms with E-state index >= 15 is 0 Å². The predicted molar refractivity (Wildman–Crippen MR) is 58.2 cm³/mol. The minimum atomic E-state index is -0.313. The first-order valence-electron chi connectivity index (χ1n) is 6.05. The van der Waals surface area contributed by atoms with E-state index in [4.69, 9.17) is 0 Å². The van der Waals surface area contributed by atoms with Crippen molar-refractivity contribution in [2.45, 2.75) is 57.6 Å². The molecule has 0 bridgehead atoms. The molecule has 0 aromatic rings. The molecule has 2 rings (SSSR count). The summed E-state index contributed by atoms with van der Waals surface area (Å²) in [5.74, 6) is 0.852. The van der Waals surface area contributed by atoms with Crippen molar-refractivity contribution in [1.82, 2.24) is 4.90 Å². The predicted octanol–water partition coefficient (Wildman–Crippen LogP) is 2.02. The van der Waals surface area contributed by atoms with Gasteiger partial charge >= 0.3 is 0 Å². The van der Waals surface area contributed by atoms with E-state index in [2.05, 4.69) is 18.7 Å². The van der Waals surface area contributed by atoms with E-state index < -0.39 is 0 Å². The van der Waals surface area contributed by atoms with Crippen LogP contribution in [0.1, 0.15) is 46.0 Å². The fourth-order valence-electron chi connectivity index (χ4n) is 2.52. The second-order valence-corrected chi connectivity index (χ2v) is 5.50. The Labute approximate surface area is 87.3 Å². The van der Waals surface area contributed by atoms with Gasteiger partial charge in [0.15, 0.2) is 0 Å². The normalized spacial score (nSPS) is 28.3. The summed E-state index contributed by atoms with van der Waals surface area (Å²) in [4.78, 5) is 2.47. The van der Waals surface area contributed by atoms with Crippen molar-refractivity contribution in [3.05, 3.63) is 0 Å². The van der Waals surface area contributed by atoms with E-state index in [1.807, 2.05) is 0 Å². The second-order valence-electron chi connectivity index (χ2n) is 5.50. The molecular weight excluding hydrogens is 174 g/mol. The molecule has 2 aliphatic rings. The van der Waals surface area contributed by atoms with Crippen LogP contribution in [-0.4, -0.2) is 34.7 Å². The lowest BCUT2D eigenvalue weighted by Gasteiger charge is -2.40. The maximum absolute atomic E-state index is 10.4. The number of piperidine rings is 1. The first-order valence-corrected chi connectivity index (χ1v) is 6.05. The van der Waals surface area contributed by atoms with Crippen LogP contribution in [0.25, 0.3) is 0 Å². The van der Waals surface area contributed by atoms with Crippen molar-refractivity contribution < 1.29 is 5.11 Å². The van der Waals surface area contributed by atoms with Gasteiger partial charge in [0, 0.05) is 19.1 Å². The molecule has 0 amide bonds. The molecule has 2 heteroatoms. The first kappa shape index (κ1) is 10.4. The van der Waals surface area contributed by atoms with Gasteiger partial charge in [-0.3, -0.25) is 0 Å². The zero-order valence-corrected chi connectivity index (χ0v) is 9.50. The quantitative estimate of drug-likeness (QED) is 0.748. The standard InChI is InChI=1S/C12H23NO/c1-10(2)13-7-5-12(14,6-8-13)9-11-3-4-11/h10-11,14H,3-9H2,1-2H3. The molecule has 1 saturated carbocycles. The Morgan fingerprint density at radius 3 is 2.29 bits per heavy atom. The summed E-state index contributed by atoms with van der Waals surface area (Å²) >= 11 is 0. The van der Waals surface area contributed by atoms with Crippen LogP contribution < -0.4 is 0 Å². The maximum Gasteiger partial charge on any atom is 0.0674 e. The Balaban J connectivity index is 1.81. The van der Waals surface area contributed by atoms with Gasteiger partial charge in [-0.05, 0) is 39.0 Å². The number of likely N-dealkylation sites (tertiary alicyclic amines) is 1. The molecule has 1 aliphatic heterocycles.